The van der Waals surface area contributed by atoms with E-state index in [0.29, 0.717) is 16.4 Å². The van der Waals surface area contributed by atoms with Gasteiger partial charge in [-0.1, -0.05) is 11.6 Å². The van der Waals surface area contributed by atoms with Gasteiger partial charge in [-0.05, 0) is 48.7 Å². The van der Waals surface area contributed by atoms with Crippen LogP contribution in [0.1, 0.15) is 22.3 Å². The number of carbonyl (C=O) groups is 1. The fraction of sp³-hybridized carbons (Fsp3) is 0.200. The van der Waals surface area contributed by atoms with Gasteiger partial charge in [0, 0.05) is 17.8 Å². The van der Waals surface area contributed by atoms with Crippen molar-refractivity contribution < 1.29 is 4.79 Å². The van der Waals surface area contributed by atoms with Crippen molar-refractivity contribution in [3.63, 3.8) is 0 Å². The van der Waals surface area contributed by atoms with Crippen molar-refractivity contribution in [1.82, 2.24) is 4.98 Å². The van der Waals surface area contributed by atoms with E-state index in [9.17, 15) is 4.79 Å². The van der Waals surface area contributed by atoms with Crippen LogP contribution in [0.4, 0.5) is 11.4 Å². The van der Waals surface area contributed by atoms with Crippen LogP contribution in [0.2, 0.25) is 5.15 Å². The third kappa shape index (κ3) is 2.75. The fourth-order valence-corrected chi connectivity index (χ4v) is 2.38. The van der Waals surface area contributed by atoms with Crippen LogP contribution in [0.15, 0.2) is 36.5 Å². The molecule has 2 heterocycles. The van der Waals surface area contributed by atoms with Gasteiger partial charge in [-0.25, -0.2) is 4.98 Å². The summed E-state index contributed by atoms with van der Waals surface area (Å²) < 4.78 is 0. The van der Waals surface area contributed by atoms with Gasteiger partial charge in [0.15, 0.2) is 0 Å². The Kier molecular flexibility index (Phi) is 3.56. The smallest absolute Gasteiger partial charge is 0.255 e. The van der Waals surface area contributed by atoms with Crippen LogP contribution in [0.25, 0.3) is 0 Å². The molecule has 20 heavy (non-hydrogen) atoms. The molecule has 1 aromatic carbocycles. The number of amides is 1. The monoisotopic (exact) mass is 287 g/mol. The number of rotatable bonds is 2. The molecule has 0 saturated carbocycles. The number of benzene rings is 1. The molecule has 2 aromatic rings. The van der Waals surface area contributed by atoms with Gasteiger partial charge in [0.05, 0.1) is 11.9 Å². The van der Waals surface area contributed by atoms with Crippen LogP contribution in [0.5, 0.6) is 0 Å². The predicted molar refractivity (Wildman–Crippen MR) is 80.5 cm³/mol. The van der Waals surface area contributed by atoms with Gasteiger partial charge in [0.2, 0.25) is 0 Å². The summed E-state index contributed by atoms with van der Waals surface area (Å²) in [6, 6.07) is 9.11. The zero-order valence-electron chi connectivity index (χ0n) is 10.8. The van der Waals surface area contributed by atoms with Crippen LogP contribution >= 0.6 is 11.6 Å². The number of hydrogen-bond acceptors (Lipinski definition) is 3. The molecule has 1 aliphatic heterocycles. The normalized spacial score (nSPS) is 13.2. The summed E-state index contributed by atoms with van der Waals surface area (Å²) in [5.74, 6) is -0.137. The highest BCUT2D eigenvalue weighted by molar-refractivity contribution is 6.29. The standard InChI is InChI=1S/C15H14ClN3O/c16-14-6-4-12(9-18-14)19-15(20)11-3-5-13-10(8-11)2-1-7-17-13/h3-6,8-9,17H,1-2,7H2,(H,19,20). The third-order valence-corrected chi connectivity index (χ3v) is 3.51. The zero-order chi connectivity index (χ0) is 13.9. The molecule has 1 amide bonds. The minimum atomic E-state index is -0.137. The number of hydrogen-bond donors (Lipinski definition) is 2. The van der Waals surface area contributed by atoms with Gasteiger partial charge in [0.1, 0.15) is 5.15 Å². The Morgan fingerprint density at radius 1 is 1.30 bits per heavy atom. The molecule has 0 spiro atoms. The van der Waals surface area contributed by atoms with Crippen LogP contribution < -0.4 is 10.6 Å². The molecular formula is C15H14ClN3O. The number of anilines is 2. The van der Waals surface area contributed by atoms with E-state index >= 15 is 0 Å². The van der Waals surface area contributed by atoms with E-state index in [1.54, 1.807) is 18.3 Å². The predicted octanol–water partition coefficient (Wildman–Crippen LogP) is 3.35. The van der Waals surface area contributed by atoms with Gasteiger partial charge in [-0.3, -0.25) is 4.79 Å². The van der Waals surface area contributed by atoms with Crippen molar-refractivity contribution in [1.29, 1.82) is 0 Å². The molecule has 3 rings (SSSR count). The molecule has 0 unspecified atom stereocenters. The maximum atomic E-state index is 12.2. The van der Waals surface area contributed by atoms with E-state index in [4.69, 9.17) is 11.6 Å². The molecule has 102 valence electrons. The second kappa shape index (κ2) is 5.51. The van der Waals surface area contributed by atoms with Gasteiger partial charge < -0.3 is 10.6 Å². The van der Waals surface area contributed by atoms with Gasteiger partial charge in [-0.15, -0.1) is 0 Å². The number of carbonyl (C=O) groups excluding carboxylic acids is 1. The highest BCUT2D eigenvalue weighted by Gasteiger charge is 2.12. The number of aromatic nitrogens is 1. The molecule has 0 aliphatic carbocycles. The summed E-state index contributed by atoms with van der Waals surface area (Å²) in [4.78, 5) is 16.1. The molecule has 1 aliphatic rings. The highest BCUT2D eigenvalue weighted by Crippen LogP contribution is 2.23. The average Bonchev–Trinajstić information content (AvgIpc) is 2.49. The van der Waals surface area contributed by atoms with E-state index in [1.165, 1.54) is 5.56 Å². The molecular weight excluding hydrogens is 274 g/mol. The molecule has 5 heteroatoms. The first kappa shape index (κ1) is 12.9. The molecule has 2 N–H and O–H groups in total. The first-order valence-corrected chi connectivity index (χ1v) is 6.90. The first-order chi connectivity index (χ1) is 9.72. The molecule has 0 radical (unpaired) electrons. The molecule has 0 saturated heterocycles. The summed E-state index contributed by atoms with van der Waals surface area (Å²) >= 11 is 5.71. The van der Waals surface area contributed by atoms with E-state index in [0.717, 1.165) is 25.1 Å². The zero-order valence-corrected chi connectivity index (χ0v) is 11.6. The first-order valence-electron chi connectivity index (χ1n) is 6.52. The van der Waals surface area contributed by atoms with E-state index < -0.39 is 0 Å². The van der Waals surface area contributed by atoms with Gasteiger partial charge in [0.25, 0.3) is 5.91 Å². The highest BCUT2D eigenvalue weighted by atomic mass is 35.5. The summed E-state index contributed by atoms with van der Waals surface area (Å²) in [6.45, 7) is 0.995. The SMILES string of the molecule is O=C(Nc1ccc(Cl)nc1)c1ccc2c(c1)CCCN2. The number of nitrogens with one attached hydrogen (secondary N) is 2. The van der Waals surface area contributed by atoms with Crippen molar-refractivity contribution in [3.05, 3.63) is 52.8 Å². The lowest BCUT2D eigenvalue weighted by molar-refractivity contribution is 0.102. The number of nitrogens with zero attached hydrogens (tertiary/aromatic N) is 1. The lowest BCUT2D eigenvalue weighted by Gasteiger charge is -2.18. The second-order valence-corrected chi connectivity index (χ2v) is 5.11. The lowest BCUT2D eigenvalue weighted by atomic mass is 10.0. The quantitative estimate of drug-likeness (QED) is 0.833. The van der Waals surface area contributed by atoms with E-state index in [1.807, 2.05) is 18.2 Å². The molecule has 4 nitrogen and oxygen atoms in total. The van der Waals surface area contributed by atoms with E-state index in [2.05, 4.69) is 15.6 Å². The summed E-state index contributed by atoms with van der Waals surface area (Å²) in [7, 11) is 0. The Morgan fingerprint density at radius 3 is 3.00 bits per heavy atom. The van der Waals surface area contributed by atoms with Gasteiger partial charge >= 0.3 is 0 Å². The summed E-state index contributed by atoms with van der Waals surface area (Å²) in [6.07, 6.45) is 3.64. The summed E-state index contributed by atoms with van der Waals surface area (Å²) in [5.41, 5.74) is 3.61. The van der Waals surface area contributed by atoms with Crippen LogP contribution in [0.3, 0.4) is 0 Å². The Balaban J connectivity index is 1.78. The lowest BCUT2D eigenvalue weighted by Crippen LogP contribution is -2.15. The van der Waals surface area contributed by atoms with Crippen LogP contribution in [-0.2, 0) is 6.42 Å². The van der Waals surface area contributed by atoms with Crippen molar-refractivity contribution in [2.75, 3.05) is 17.2 Å². The van der Waals surface area contributed by atoms with E-state index in [-0.39, 0.29) is 5.91 Å². The maximum Gasteiger partial charge on any atom is 0.255 e. The Morgan fingerprint density at radius 2 is 2.20 bits per heavy atom. The number of aryl methyl sites for hydroxylation is 1. The number of halogens is 1. The van der Waals surface area contributed by atoms with Crippen molar-refractivity contribution >= 4 is 28.9 Å². The molecule has 0 fully saturated rings. The Bertz CT molecular complexity index is 640. The molecule has 1 aromatic heterocycles. The Labute approximate surface area is 122 Å². The maximum absolute atomic E-state index is 12.2. The largest absolute Gasteiger partial charge is 0.385 e. The van der Waals surface area contributed by atoms with Crippen molar-refractivity contribution in [2.45, 2.75) is 12.8 Å². The fourth-order valence-electron chi connectivity index (χ4n) is 2.27. The average molecular weight is 288 g/mol. The molecule has 0 atom stereocenters. The van der Waals surface area contributed by atoms with Gasteiger partial charge in [-0.2, -0.15) is 0 Å². The minimum absolute atomic E-state index is 0.137. The van der Waals surface area contributed by atoms with Crippen molar-refractivity contribution in [2.24, 2.45) is 0 Å². The van der Waals surface area contributed by atoms with Crippen molar-refractivity contribution in [3.8, 4) is 0 Å². The second-order valence-electron chi connectivity index (χ2n) is 4.73. The minimum Gasteiger partial charge on any atom is -0.385 e. The summed E-state index contributed by atoms with van der Waals surface area (Å²) in [5, 5.41) is 6.55. The number of pyridine rings is 1. The topological polar surface area (TPSA) is 54.0 Å². The van der Waals surface area contributed by atoms with Crippen LogP contribution in [-0.4, -0.2) is 17.4 Å². The van der Waals surface area contributed by atoms with Crippen LogP contribution in [0, 0.1) is 0 Å². The Hall–Kier alpha value is -2.07. The third-order valence-electron chi connectivity index (χ3n) is 3.29. The molecule has 0 bridgehead atoms. The number of fused-ring (bicyclic) bond motifs is 1.